The van der Waals surface area contributed by atoms with Gasteiger partial charge < -0.3 is 10.5 Å². The molecule has 2 aromatic rings. The van der Waals surface area contributed by atoms with Crippen molar-refractivity contribution in [1.82, 2.24) is 4.98 Å². The van der Waals surface area contributed by atoms with Gasteiger partial charge in [-0.2, -0.15) is 13.2 Å². The SMILES string of the molecule is COc1ccc(CC(C)(N)c2cnc(C(F)(F)F)s2)cc1. The highest BCUT2D eigenvalue weighted by Crippen LogP contribution is 2.36. The van der Waals surface area contributed by atoms with E-state index in [1.54, 1.807) is 26.2 Å². The van der Waals surface area contributed by atoms with Crippen LogP contribution in [0.5, 0.6) is 5.75 Å². The predicted octanol–water partition coefficient (Wildman–Crippen LogP) is 3.59. The van der Waals surface area contributed by atoms with Crippen molar-refractivity contribution in [2.24, 2.45) is 5.73 Å². The number of nitrogens with zero attached hydrogens (tertiary/aromatic N) is 1. The Morgan fingerprint density at radius 3 is 2.33 bits per heavy atom. The number of alkyl halides is 3. The van der Waals surface area contributed by atoms with Gasteiger partial charge in [-0.05, 0) is 31.0 Å². The molecule has 1 aromatic heterocycles. The molecule has 0 saturated heterocycles. The van der Waals surface area contributed by atoms with Crippen LogP contribution in [0.25, 0.3) is 0 Å². The average Bonchev–Trinajstić information content (AvgIpc) is 2.89. The summed E-state index contributed by atoms with van der Waals surface area (Å²) >= 11 is 0.588. The molecule has 1 heterocycles. The van der Waals surface area contributed by atoms with E-state index in [2.05, 4.69) is 4.98 Å². The number of nitrogens with two attached hydrogens (primary N) is 1. The maximum absolute atomic E-state index is 12.6. The lowest BCUT2D eigenvalue weighted by molar-refractivity contribution is -0.137. The second kappa shape index (κ2) is 5.65. The van der Waals surface area contributed by atoms with E-state index in [9.17, 15) is 13.2 Å². The Hall–Kier alpha value is -1.60. The van der Waals surface area contributed by atoms with Crippen LogP contribution in [0.1, 0.15) is 22.4 Å². The second-order valence-corrected chi connectivity index (χ2v) is 6.00. The third kappa shape index (κ3) is 3.74. The van der Waals surface area contributed by atoms with Gasteiger partial charge in [-0.25, -0.2) is 4.98 Å². The first kappa shape index (κ1) is 15.8. The van der Waals surface area contributed by atoms with Gasteiger partial charge in [0.25, 0.3) is 0 Å². The van der Waals surface area contributed by atoms with Crippen molar-refractivity contribution in [3.8, 4) is 5.75 Å². The Morgan fingerprint density at radius 2 is 1.86 bits per heavy atom. The van der Waals surface area contributed by atoms with Crippen LogP contribution in [0.3, 0.4) is 0 Å². The summed E-state index contributed by atoms with van der Waals surface area (Å²) in [6.07, 6.45) is -2.81. The number of aromatic nitrogens is 1. The highest BCUT2D eigenvalue weighted by molar-refractivity contribution is 7.11. The van der Waals surface area contributed by atoms with Crippen molar-refractivity contribution in [3.63, 3.8) is 0 Å². The van der Waals surface area contributed by atoms with Gasteiger partial charge in [0.15, 0.2) is 5.01 Å². The van der Waals surface area contributed by atoms with Crippen LogP contribution in [0.2, 0.25) is 0 Å². The van der Waals surface area contributed by atoms with Gasteiger partial charge in [-0.15, -0.1) is 11.3 Å². The van der Waals surface area contributed by atoms with E-state index in [4.69, 9.17) is 10.5 Å². The van der Waals surface area contributed by atoms with Gasteiger partial charge in [-0.1, -0.05) is 12.1 Å². The Balaban J connectivity index is 2.18. The van der Waals surface area contributed by atoms with Crippen molar-refractivity contribution in [2.75, 3.05) is 7.11 Å². The molecule has 7 heteroatoms. The fourth-order valence-electron chi connectivity index (χ4n) is 1.92. The fourth-order valence-corrected chi connectivity index (χ4v) is 2.76. The number of ether oxygens (including phenoxy) is 1. The Kier molecular flexibility index (Phi) is 4.25. The van der Waals surface area contributed by atoms with Crippen molar-refractivity contribution in [2.45, 2.75) is 25.1 Å². The highest BCUT2D eigenvalue weighted by Gasteiger charge is 2.36. The van der Waals surface area contributed by atoms with Crippen LogP contribution in [-0.2, 0) is 18.1 Å². The maximum Gasteiger partial charge on any atom is 0.443 e. The van der Waals surface area contributed by atoms with Crippen LogP contribution in [0.15, 0.2) is 30.5 Å². The molecule has 0 aliphatic carbocycles. The van der Waals surface area contributed by atoms with Crippen LogP contribution in [-0.4, -0.2) is 12.1 Å². The molecule has 1 unspecified atom stereocenters. The molecular formula is C14H15F3N2OS. The van der Waals surface area contributed by atoms with Gasteiger partial charge in [-0.3, -0.25) is 0 Å². The van der Waals surface area contributed by atoms with E-state index in [1.807, 2.05) is 12.1 Å². The molecule has 0 radical (unpaired) electrons. The molecule has 2 rings (SSSR count). The lowest BCUT2D eigenvalue weighted by Gasteiger charge is -2.23. The van der Waals surface area contributed by atoms with Gasteiger partial charge in [0.2, 0.25) is 0 Å². The summed E-state index contributed by atoms with van der Waals surface area (Å²) in [5.74, 6) is 0.717. The van der Waals surface area contributed by atoms with Gasteiger partial charge in [0, 0.05) is 11.1 Å². The summed E-state index contributed by atoms with van der Waals surface area (Å²) < 4.78 is 42.8. The van der Waals surface area contributed by atoms with Crippen LogP contribution < -0.4 is 10.5 Å². The smallest absolute Gasteiger partial charge is 0.443 e. The molecule has 0 saturated carbocycles. The van der Waals surface area contributed by atoms with Crippen LogP contribution >= 0.6 is 11.3 Å². The zero-order chi connectivity index (χ0) is 15.7. The van der Waals surface area contributed by atoms with Gasteiger partial charge in [0.05, 0.1) is 12.6 Å². The predicted molar refractivity (Wildman–Crippen MR) is 75.4 cm³/mol. The summed E-state index contributed by atoms with van der Waals surface area (Å²) in [5.41, 5.74) is 6.18. The molecule has 0 bridgehead atoms. The first-order valence-electron chi connectivity index (χ1n) is 6.18. The maximum atomic E-state index is 12.6. The molecule has 0 aliphatic rings. The van der Waals surface area contributed by atoms with E-state index < -0.39 is 16.7 Å². The first-order valence-corrected chi connectivity index (χ1v) is 6.99. The van der Waals surface area contributed by atoms with Crippen LogP contribution in [0, 0.1) is 0 Å². The molecule has 1 aromatic carbocycles. The lowest BCUT2D eigenvalue weighted by Crippen LogP contribution is -2.34. The van der Waals surface area contributed by atoms with Crippen molar-refractivity contribution >= 4 is 11.3 Å². The summed E-state index contributed by atoms with van der Waals surface area (Å²) in [7, 11) is 1.57. The monoisotopic (exact) mass is 316 g/mol. The van der Waals surface area contributed by atoms with E-state index in [1.165, 1.54) is 6.20 Å². The zero-order valence-corrected chi connectivity index (χ0v) is 12.4. The van der Waals surface area contributed by atoms with E-state index >= 15 is 0 Å². The van der Waals surface area contributed by atoms with Crippen molar-refractivity contribution < 1.29 is 17.9 Å². The third-order valence-corrected chi connectivity index (χ3v) is 4.36. The van der Waals surface area contributed by atoms with E-state index in [-0.39, 0.29) is 0 Å². The average molecular weight is 316 g/mol. The number of benzene rings is 1. The normalized spacial score (nSPS) is 14.8. The minimum absolute atomic E-state index is 0.408. The fraction of sp³-hybridized carbons (Fsp3) is 0.357. The van der Waals surface area contributed by atoms with E-state index in [0.717, 1.165) is 11.3 Å². The molecule has 1 atom stereocenters. The summed E-state index contributed by atoms with van der Waals surface area (Å²) in [6, 6.07) is 7.27. The Labute approximate surface area is 124 Å². The second-order valence-electron chi connectivity index (χ2n) is 4.97. The first-order chi connectivity index (χ1) is 9.72. The molecule has 0 fully saturated rings. The summed E-state index contributed by atoms with van der Waals surface area (Å²) in [5, 5.41) is -0.871. The van der Waals surface area contributed by atoms with E-state index in [0.29, 0.717) is 22.6 Å². The molecule has 3 nitrogen and oxygen atoms in total. The van der Waals surface area contributed by atoms with Gasteiger partial charge >= 0.3 is 6.18 Å². The molecule has 0 aliphatic heterocycles. The lowest BCUT2D eigenvalue weighted by atomic mass is 9.93. The molecular weight excluding hydrogens is 301 g/mol. The Morgan fingerprint density at radius 1 is 1.24 bits per heavy atom. The van der Waals surface area contributed by atoms with Crippen molar-refractivity contribution in [3.05, 3.63) is 45.9 Å². The largest absolute Gasteiger partial charge is 0.497 e. The zero-order valence-electron chi connectivity index (χ0n) is 11.6. The van der Waals surface area contributed by atoms with Crippen molar-refractivity contribution in [1.29, 1.82) is 0 Å². The van der Waals surface area contributed by atoms with Crippen LogP contribution in [0.4, 0.5) is 13.2 Å². The number of rotatable bonds is 4. The molecule has 21 heavy (non-hydrogen) atoms. The number of methoxy groups -OCH3 is 1. The minimum Gasteiger partial charge on any atom is -0.497 e. The number of halogens is 3. The number of hydrogen-bond acceptors (Lipinski definition) is 4. The number of thiazole rings is 1. The summed E-state index contributed by atoms with van der Waals surface area (Å²) in [4.78, 5) is 3.82. The molecule has 2 N–H and O–H groups in total. The quantitative estimate of drug-likeness (QED) is 0.938. The van der Waals surface area contributed by atoms with Gasteiger partial charge in [0.1, 0.15) is 5.75 Å². The minimum atomic E-state index is -4.43. The molecule has 114 valence electrons. The number of hydrogen-bond donors (Lipinski definition) is 1. The molecule has 0 spiro atoms. The standard InChI is InChI=1S/C14H15F3N2OS/c1-13(18,7-9-3-5-10(20-2)6-4-9)11-8-19-12(21-11)14(15,16)17/h3-6,8H,7,18H2,1-2H3. The highest BCUT2D eigenvalue weighted by atomic mass is 32.1. The third-order valence-electron chi connectivity index (χ3n) is 3.04. The topological polar surface area (TPSA) is 48.1 Å². The molecule has 0 amide bonds. The summed E-state index contributed by atoms with van der Waals surface area (Å²) in [6.45, 7) is 1.70. The Bertz CT molecular complexity index is 605.